The van der Waals surface area contributed by atoms with Crippen molar-refractivity contribution in [2.75, 3.05) is 13.1 Å². The minimum absolute atomic E-state index is 0.0471. The molecule has 1 heterocycles. The van der Waals surface area contributed by atoms with Gasteiger partial charge in [-0.3, -0.25) is 19.2 Å². The second-order valence-corrected chi connectivity index (χ2v) is 7.08. The van der Waals surface area contributed by atoms with Crippen LogP contribution >= 0.6 is 0 Å². The molecule has 1 fully saturated rings. The number of hydrogen-bond acceptors (Lipinski definition) is 5. The molecular formula is C22H22N2O6. The largest absolute Gasteiger partial charge is 0.480 e. The number of ether oxygens (including phenoxy) is 1. The zero-order valence-corrected chi connectivity index (χ0v) is 16.5. The van der Waals surface area contributed by atoms with Crippen LogP contribution in [0.5, 0.6) is 11.5 Å². The number of aryl methyl sites for hydroxylation is 1. The Morgan fingerprint density at radius 3 is 2.53 bits per heavy atom. The van der Waals surface area contributed by atoms with E-state index in [1.54, 1.807) is 12.1 Å². The van der Waals surface area contributed by atoms with Crippen molar-refractivity contribution < 1.29 is 29.0 Å². The lowest BCUT2D eigenvalue weighted by Crippen LogP contribution is -2.52. The number of amides is 2. The van der Waals surface area contributed by atoms with Gasteiger partial charge < -0.3 is 20.1 Å². The van der Waals surface area contributed by atoms with Crippen molar-refractivity contribution in [2.24, 2.45) is 5.92 Å². The Kier molecular flexibility index (Phi) is 6.46. The van der Waals surface area contributed by atoms with Gasteiger partial charge in [-0.25, -0.2) is 0 Å². The molecule has 30 heavy (non-hydrogen) atoms. The molecule has 1 unspecified atom stereocenters. The third-order valence-electron chi connectivity index (χ3n) is 4.71. The maximum atomic E-state index is 12.6. The summed E-state index contributed by atoms with van der Waals surface area (Å²) in [6, 6.07) is 14.9. The van der Waals surface area contributed by atoms with Crippen molar-refractivity contribution >= 4 is 23.6 Å². The number of rotatable bonds is 7. The second-order valence-electron chi connectivity index (χ2n) is 7.08. The number of carbonyl (C=O) groups is 4. The zero-order valence-electron chi connectivity index (χ0n) is 16.5. The van der Waals surface area contributed by atoms with E-state index in [0.29, 0.717) is 5.75 Å². The van der Waals surface area contributed by atoms with E-state index in [1.165, 1.54) is 4.90 Å². The standard InChI is InChI=1S/C22H22N2O6/c1-14-3-2-4-17(11-14)30-16-7-5-15(6-8-16)13-24-10-9-18(25)20(22(24)29)21(28)23-12-19(26)27/h2-8,11,20H,9-10,12-13H2,1H3,(H,23,28)(H,26,27). The van der Waals surface area contributed by atoms with Crippen molar-refractivity contribution in [3.63, 3.8) is 0 Å². The molecule has 1 aliphatic rings. The van der Waals surface area contributed by atoms with Gasteiger partial charge in [0.05, 0.1) is 0 Å². The number of piperidine rings is 1. The van der Waals surface area contributed by atoms with E-state index in [4.69, 9.17) is 9.84 Å². The van der Waals surface area contributed by atoms with E-state index in [1.807, 2.05) is 43.3 Å². The molecule has 0 spiro atoms. The summed E-state index contributed by atoms with van der Waals surface area (Å²) >= 11 is 0. The first-order valence-electron chi connectivity index (χ1n) is 9.48. The Hall–Kier alpha value is -3.68. The molecule has 2 N–H and O–H groups in total. The average Bonchev–Trinajstić information content (AvgIpc) is 2.70. The summed E-state index contributed by atoms with van der Waals surface area (Å²) in [5, 5.41) is 10.8. The number of hydrogen-bond donors (Lipinski definition) is 2. The summed E-state index contributed by atoms with van der Waals surface area (Å²) in [7, 11) is 0. The van der Waals surface area contributed by atoms with Crippen LogP contribution in [0.4, 0.5) is 0 Å². The first-order valence-corrected chi connectivity index (χ1v) is 9.48. The summed E-state index contributed by atoms with van der Waals surface area (Å²) in [5.74, 6) is -3.36. The third kappa shape index (κ3) is 5.22. The SMILES string of the molecule is Cc1cccc(Oc2ccc(CN3CCC(=O)C(C(=O)NCC(=O)O)C3=O)cc2)c1. The molecule has 1 aliphatic heterocycles. The van der Waals surface area contributed by atoms with Gasteiger partial charge in [-0.05, 0) is 42.3 Å². The Balaban J connectivity index is 1.63. The Bertz CT molecular complexity index is 970. The third-order valence-corrected chi connectivity index (χ3v) is 4.71. The molecule has 1 atom stereocenters. The van der Waals surface area contributed by atoms with Gasteiger partial charge in [-0.2, -0.15) is 0 Å². The lowest BCUT2D eigenvalue weighted by atomic mass is 9.94. The molecule has 2 aromatic rings. The number of carbonyl (C=O) groups excluding carboxylic acids is 3. The fraction of sp³-hybridized carbons (Fsp3) is 0.273. The molecule has 0 aliphatic carbocycles. The van der Waals surface area contributed by atoms with Crippen LogP contribution in [0.25, 0.3) is 0 Å². The number of benzene rings is 2. The van der Waals surface area contributed by atoms with Gasteiger partial charge in [-0.15, -0.1) is 0 Å². The van der Waals surface area contributed by atoms with E-state index in [2.05, 4.69) is 5.32 Å². The highest BCUT2D eigenvalue weighted by Crippen LogP contribution is 2.24. The van der Waals surface area contributed by atoms with Crippen LogP contribution in [0.2, 0.25) is 0 Å². The lowest BCUT2D eigenvalue weighted by Gasteiger charge is -2.30. The van der Waals surface area contributed by atoms with Crippen LogP contribution in [0.15, 0.2) is 48.5 Å². The summed E-state index contributed by atoms with van der Waals surface area (Å²) in [5.41, 5.74) is 1.91. The van der Waals surface area contributed by atoms with Gasteiger partial charge in [-0.1, -0.05) is 24.3 Å². The highest BCUT2D eigenvalue weighted by Gasteiger charge is 2.40. The van der Waals surface area contributed by atoms with Crippen LogP contribution in [-0.4, -0.2) is 46.7 Å². The smallest absolute Gasteiger partial charge is 0.322 e. The highest BCUT2D eigenvalue weighted by atomic mass is 16.5. The first-order chi connectivity index (χ1) is 14.3. The van der Waals surface area contributed by atoms with Gasteiger partial charge in [0.15, 0.2) is 11.7 Å². The molecule has 0 aromatic heterocycles. The van der Waals surface area contributed by atoms with Crippen LogP contribution in [0.3, 0.4) is 0 Å². The molecule has 2 amide bonds. The van der Waals surface area contributed by atoms with E-state index >= 15 is 0 Å². The minimum Gasteiger partial charge on any atom is -0.480 e. The number of carboxylic acids is 1. The average molecular weight is 410 g/mol. The van der Waals surface area contributed by atoms with Gasteiger partial charge in [0.2, 0.25) is 11.8 Å². The summed E-state index contributed by atoms with van der Waals surface area (Å²) in [6.07, 6.45) is 0.0471. The maximum absolute atomic E-state index is 12.6. The van der Waals surface area contributed by atoms with E-state index in [0.717, 1.165) is 16.9 Å². The number of aliphatic carboxylic acids is 1. The van der Waals surface area contributed by atoms with Gasteiger partial charge in [0.1, 0.15) is 18.0 Å². The van der Waals surface area contributed by atoms with E-state index in [9.17, 15) is 19.2 Å². The number of nitrogens with zero attached hydrogens (tertiary/aromatic N) is 1. The molecule has 0 radical (unpaired) electrons. The monoisotopic (exact) mass is 410 g/mol. The predicted molar refractivity (Wildman–Crippen MR) is 107 cm³/mol. The molecule has 2 aromatic carbocycles. The maximum Gasteiger partial charge on any atom is 0.322 e. The van der Waals surface area contributed by atoms with Crippen LogP contribution < -0.4 is 10.1 Å². The molecular weight excluding hydrogens is 388 g/mol. The molecule has 3 rings (SSSR count). The Labute approximate surface area is 173 Å². The number of carboxylic acid groups (broad SMARTS) is 1. The summed E-state index contributed by atoms with van der Waals surface area (Å²) in [4.78, 5) is 48.8. The van der Waals surface area contributed by atoms with Crippen molar-refractivity contribution in [2.45, 2.75) is 19.9 Å². The molecule has 0 saturated carbocycles. The number of Topliss-reactive ketones (excluding diaryl/α,β-unsaturated/α-hetero) is 1. The summed E-state index contributed by atoms with van der Waals surface area (Å²) < 4.78 is 5.81. The van der Waals surface area contributed by atoms with Crippen molar-refractivity contribution in [3.8, 4) is 11.5 Å². The number of likely N-dealkylation sites (tertiary alicyclic amines) is 1. The van der Waals surface area contributed by atoms with Crippen LogP contribution in [0, 0.1) is 12.8 Å². The Morgan fingerprint density at radius 1 is 1.13 bits per heavy atom. The molecule has 1 saturated heterocycles. The molecule has 0 bridgehead atoms. The predicted octanol–water partition coefficient (Wildman–Crippen LogP) is 1.91. The second kappa shape index (κ2) is 9.21. The lowest BCUT2D eigenvalue weighted by molar-refractivity contribution is -0.152. The van der Waals surface area contributed by atoms with E-state index < -0.39 is 36.0 Å². The zero-order chi connectivity index (χ0) is 21.7. The van der Waals surface area contributed by atoms with E-state index in [-0.39, 0.29) is 19.5 Å². The number of ketones is 1. The Morgan fingerprint density at radius 2 is 1.87 bits per heavy atom. The van der Waals surface area contributed by atoms with Crippen LogP contribution in [0.1, 0.15) is 17.5 Å². The van der Waals surface area contributed by atoms with Crippen molar-refractivity contribution in [1.29, 1.82) is 0 Å². The van der Waals surface area contributed by atoms with Crippen LogP contribution in [-0.2, 0) is 25.7 Å². The highest BCUT2D eigenvalue weighted by molar-refractivity contribution is 6.19. The van der Waals surface area contributed by atoms with Gasteiger partial charge in [0.25, 0.3) is 0 Å². The normalized spacial score (nSPS) is 16.3. The minimum atomic E-state index is -1.50. The summed E-state index contributed by atoms with van der Waals surface area (Å²) in [6.45, 7) is 1.78. The molecule has 8 nitrogen and oxygen atoms in total. The first kappa shape index (κ1) is 21.0. The van der Waals surface area contributed by atoms with Crippen molar-refractivity contribution in [1.82, 2.24) is 10.2 Å². The fourth-order valence-electron chi connectivity index (χ4n) is 3.20. The quantitative estimate of drug-likeness (QED) is 0.674. The van der Waals surface area contributed by atoms with Gasteiger partial charge >= 0.3 is 5.97 Å². The number of nitrogens with one attached hydrogen (secondary N) is 1. The molecule has 156 valence electrons. The van der Waals surface area contributed by atoms with Crippen molar-refractivity contribution in [3.05, 3.63) is 59.7 Å². The molecule has 8 heteroatoms. The topological polar surface area (TPSA) is 113 Å². The fourth-order valence-corrected chi connectivity index (χ4v) is 3.20. The van der Waals surface area contributed by atoms with Gasteiger partial charge in [0, 0.05) is 19.5 Å².